The molecule has 4 aliphatic rings. The summed E-state index contributed by atoms with van der Waals surface area (Å²) in [5.41, 5.74) is 2.35. The number of esters is 1. The Labute approximate surface area is 147 Å². The average Bonchev–Trinajstić information content (AvgIpc) is 3.16. The number of ether oxygens (including phenoxy) is 1. The third-order valence-electron chi connectivity index (χ3n) is 6.82. The molecule has 0 amide bonds. The lowest BCUT2D eigenvalue weighted by Crippen LogP contribution is -2.71. The SMILES string of the molecule is C/C=C1/CN2CCC34C(=O)c5ccccc5N3[C@@H](C(=O)OC)C1CC24. The number of fused-ring (bicyclic) bond motifs is 3. The van der Waals surface area contributed by atoms with Crippen molar-refractivity contribution in [2.75, 3.05) is 25.1 Å². The quantitative estimate of drug-likeness (QED) is 0.579. The van der Waals surface area contributed by atoms with Gasteiger partial charge >= 0.3 is 5.97 Å². The summed E-state index contributed by atoms with van der Waals surface area (Å²) in [6.45, 7) is 3.81. The lowest BCUT2D eigenvalue weighted by atomic mass is 9.69. The lowest BCUT2D eigenvalue weighted by molar-refractivity contribution is -0.145. The van der Waals surface area contributed by atoms with Crippen LogP contribution in [0.5, 0.6) is 0 Å². The van der Waals surface area contributed by atoms with E-state index in [4.69, 9.17) is 4.74 Å². The van der Waals surface area contributed by atoms with Gasteiger partial charge in [-0.05, 0) is 31.9 Å². The molecular weight excluding hydrogens is 316 g/mol. The maximum Gasteiger partial charge on any atom is 0.329 e. The number of para-hydroxylation sites is 1. The highest BCUT2D eigenvalue weighted by molar-refractivity contribution is 6.16. The van der Waals surface area contributed by atoms with Crippen molar-refractivity contribution in [3.05, 3.63) is 41.5 Å². The number of hydrogen-bond acceptors (Lipinski definition) is 5. The normalized spacial score (nSPS) is 37.2. The molecule has 1 aromatic carbocycles. The van der Waals surface area contributed by atoms with Gasteiger partial charge in [-0.2, -0.15) is 0 Å². The van der Waals surface area contributed by atoms with E-state index in [-0.39, 0.29) is 23.7 Å². The summed E-state index contributed by atoms with van der Waals surface area (Å²) in [5, 5.41) is 0. The predicted molar refractivity (Wildman–Crippen MR) is 93.6 cm³/mol. The van der Waals surface area contributed by atoms with E-state index in [1.165, 1.54) is 12.7 Å². The number of methoxy groups -OCH3 is 1. The number of nitrogens with zero attached hydrogens (tertiary/aromatic N) is 2. The van der Waals surface area contributed by atoms with Crippen LogP contribution in [0.2, 0.25) is 0 Å². The van der Waals surface area contributed by atoms with Crippen LogP contribution in [0.25, 0.3) is 0 Å². The molecule has 5 rings (SSSR count). The minimum Gasteiger partial charge on any atom is -0.467 e. The molecule has 25 heavy (non-hydrogen) atoms. The summed E-state index contributed by atoms with van der Waals surface area (Å²) in [5.74, 6) is 0.0720. The van der Waals surface area contributed by atoms with Crippen molar-refractivity contribution in [1.82, 2.24) is 4.90 Å². The van der Waals surface area contributed by atoms with Crippen LogP contribution >= 0.6 is 0 Å². The fourth-order valence-corrected chi connectivity index (χ4v) is 5.80. The monoisotopic (exact) mass is 338 g/mol. The zero-order chi connectivity index (χ0) is 17.3. The van der Waals surface area contributed by atoms with Crippen molar-refractivity contribution >= 4 is 17.4 Å². The molecule has 2 bridgehead atoms. The summed E-state index contributed by atoms with van der Waals surface area (Å²) in [7, 11) is 1.45. The van der Waals surface area contributed by atoms with Gasteiger partial charge in [-0.3, -0.25) is 9.69 Å². The van der Waals surface area contributed by atoms with Crippen molar-refractivity contribution in [3.8, 4) is 0 Å². The summed E-state index contributed by atoms with van der Waals surface area (Å²) in [6, 6.07) is 7.52. The fourth-order valence-electron chi connectivity index (χ4n) is 5.80. The van der Waals surface area contributed by atoms with Crippen LogP contribution in [0.1, 0.15) is 30.1 Å². The first-order valence-corrected chi connectivity index (χ1v) is 9.03. The van der Waals surface area contributed by atoms with Crippen LogP contribution < -0.4 is 4.90 Å². The van der Waals surface area contributed by atoms with E-state index in [1.54, 1.807) is 0 Å². The van der Waals surface area contributed by atoms with Crippen LogP contribution in [0, 0.1) is 5.92 Å². The van der Waals surface area contributed by atoms with Gasteiger partial charge in [0.05, 0.1) is 7.11 Å². The van der Waals surface area contributed by atoms with Crippen molar-refractivity contribution in [1.29, 1.82) is 0 Å². The molecule has 1 aromatic rings. The molecule has 0 N–H and O–H groups in total. The number of rotatable bonds is 1. The summed E-state index contributed by atoms with van der Waals surface area (Å²) in [4.78, 5) is 30.9. The van der Waals surface area contributed by atoms with Crippen LogP contribution in [0.3, 0.4) is 0 Å². The Morgan fingerprint density at radius 3 is 2.92 bits per heavy atom. The summed E-state index contributed by atoms with van der Waals surface area (Å²) < 4.78 is 5.20. The number of anilines is 1. The van der Waals surface area contributed by atoms with Crippen molar-refractivity contribution in [2.45, 2.75) is 37.4 Å². The Kier molecular flexibility index (Phi) is 2.99. The second-order valence-electron chi connectivity index (χ2n) is 7.55. The highest BCUT2D eigenvalue weighted by atomic mass is 16.5. The summed E-state index contributed by atoms with van der Waals surface area (Å²) in [6.07, 6.45) is 3.78. The maximum atomic E-state index is 13.5. The average molecular weight is 338 g/mol. The second kappa shape index (κ2) is 4.94. The Morgan fingerprint density at radius 1 is 1.36 bits per heavy atom. The van der Waals surface area contributed by atoms with Gasteiger partial charge in [-0.15, -0.1) is 0 Å². The number of hydrogen-bond donors (Lipinski definition) is 0. The van der Waals surface area contributed by atoms with Gasteiger partial charge in [0, 0.05) is 36.3 Å². The van der Waals surface area contributed by atoms with E-state index in [1.807, 2.05) is 31.2 Å². The first-order chi connectivity index (χ1) is 12.1. The van der Waals surface area contributed by atoms with E-state index in [9.17, 15) is 9.59 Å². The molecule has 0 aliphatic carbocycles. The van der Waals surface area contributed by atoms with Crippen LogP contribution in [-0.4, -0.2) is 54.5 Å². The largest absolute Gasteiger partial charge is 0.467 e. The van der Waals surface area contributed by atoms with E-state index in [0.29, 0.717) is 0 Å². The van der Waals surface area contributed by atoms with E-state index in [0.717, 1.165) is 37.2 Å². The zero-order valence-corrected chi connectivity index (χ0v) is 14.6. The number of piperidine rings is 2. The zero-order valence-electron chi connectivity index (χ0n) is 14.6. The number of allylic oxidation sites excluding steroid dienone is 1. The minimum absolute atomic E-state index is 0.115. The van der Waals surface area contributed by atoms with Crippen molar-refractivity contribution in [2.24, 2.45) is 5.92 Å². The van der Waals surface area contributed by atoms with Gasteiger partial charge in [-0.1, -0.05) is 23.8 Å². The molecule has 4 aliphatic heterocycles. The molecule has 3 saturated heterocycles. The van der Waals surface area contributed by atoms with Gasteiger partial charge in [0.2, 0.25) is 0 Å². The molecule has 4 atom stereocenters. The van der Waals surface area contributed by atoms with Crippen molar-refractivity contribution < 1.29 is 14.3 Å². The molecule has 3 unspecified atom stereocenters. The van der Waals surface area contributed by atoms with E-state index in [2.05, 4.69) is 15.9 Å². The Balaban J connectivity index is 1.77. The molecule has 5 nitrogen and oxygen atoms in total. The maximum absolute atomic E-state index is 13.5. The fraction of sp³-hybridized carbons (Fsp3) is 0.500. The standard InChI is InChI=1S/C20H22N2O3/c1-3-12-11-21-9-8-20-16(21)10-14(12)17(19(24)25-2)22(20)15-7-5-4-6-13(15)18(20)23/h3-7,14,16-17H,8-11H2,1-2H3/b12-3-/t14?,16?,17-,20?/m1/s1. The van der Waals surface area contributed by atoms with Gasteiger partial charge in [0.25, 0.3) is 0 Å². The topological polar surface area (TPSA) is 49.9 Å². The van der Waals surface area contributed by atoms with Gasteiger partial charge in [-0.25, -0.2) is 4.79 Å². The molecule has 0 aromatic heterocycles. The third kappa shape index (κ3) is 1.62. The number of carbonyl (C=O) groups is 2. The third-order valence-corrected chi connectivity index (χ3v) is 6.82. The number of carbonyl (C=O) groups excluding carboxylic acids is 2. The highest BCUT2D eigenvalue weighted by Gasteiger charge is 2.68. The molecule has 3 fully saturated rings. The molecule has 0 radical (unpaired) electrons. The number of benzene rings is 1. The van der Waals surface area contributed by atoms with E-state index < -0.39 is 11.6 Å². The van der Waals surface area contributed by atoms with Crippen LogP contribution in [0.4, 0.5) is 5.69 Å². The highest BCUT2D eigenvalue weighted by Crippen LogP contribution is 2.56. The molecule has 5 heteroatoms. The summed E-state index contributed by atoms with van der Waals surface area (Å²) >= 11 is 0. The Bertz CT molecular complexity index is 817. The van der Waals surface area contributed by atoms with Crippen molar-refractivity contribution in [3.63, 3.8) is 0 Å². The van der Waals surface area contributed by atoms with Crippen LogP contribution in [0.15, 0.2) is 35.9 Å². The second-order valence-corrected chi connectivity index (χ2v) is 7.55. The molecule has 130 valence electrons. The molecule has 1 spiro atoms. The first-order valence-electron chi connectivity index (χ1n) is 9.03. The van der Waals surface area contributed by atoms with Gasteiger partial charge in [0.15, 0.2) is 5.78 Å². The molecular formula is C20H22N2O3. The van der Waals surface area contributed by atoms with Gasteiger partial charge in [0.1, 0.15) is 11.6 Å². The molecule has 0 saturated carbocycles. The predicted octanol–water partition coefficient (Wildman–Crippen LogP) is 2.02. The lowest BCUT2D eigenvalue weighted by Gasteiger charge is -2.55. The Hall–Kier alpha value is -2.14. The number of ketones is 1. The Morgan fingerprint density at radius 2 is 2.16 bits per heavy atom. The molecule has 4 heterocycles. The smallest absolute Gasteiger partial charge is 0.329 e. The van der Waals surface area contributed by atoms with Crippen LogP contribution in [-0.2, 0) is 9.53 Å². The van der Waals surface area contributed by atoms with E-state index >= 15 is 0 Å². The number of Topliss-reactive ketones (excluding diaryl/α,β-unsaturated/α-hetero) is 1. The first kappa shape index (κ1) is 15.1. The minimum atomic E-state index is -0.599. The van der Waals surface area contributed by atoms with Gasteiger partial charge < -0.3 is 9.64 Å².